The molecule has 26 heavy (non-hydrogen) atoms. The Morgan fingerprint density at radius 1 is 0.808 bits per heavy atom. The van der Waals surface area contributed by atoms with Crippen molar-refractivity contribution in [3.8, 4) is 0 Å². The minimum Gasteiger partial charge on any atom is -0.465 e. The number of rotatable bonds is 16. The highest BCUT2D eigenvalue weighted by atomic mass is 16.5. The Morgan fingerprint density at radius 3 is 1.96 bits per heavy atom. The Labute approximate surface area is 161 Å². The van der Waals surface area contributed by atoms with Gasteiger partial charge in [0.05, 0.1) is 12.5 Å². The predicted octanol–water partition coefficient (Wildman–Crippen LogP) is 7.11. The summed E-state index contributed by atoms with van der Waals surface area (Å²) < 4.78 is 5.62. The van der Waals surface area contributed by atoms with E-state index >= 15 is 0 Å². The number of hydrogen-bond donors (Lipinski definition) is 0. The first kappa shape index (κ1) is 22.7. The second-order valence-electron chi connectivity index (χ2n) is 7.51. The molecule has 0 amide bonds. The van der Waals surface area contributed by atoms with Crippen molar-refractivity contribution in [2.24, 2.45) is 5.92 Å². The molecule has 0 saturated heterocycles. The topological polar surface area (TPSA) is 26.3 Å². The van der Waals surface area contributed by atoms with Crippen LogP contribution < -0.4 is 0 Å². The highest BCUT2D eigenvalue weighted by Crippen LogP contribution is 2.20. The lowest BCUT2D eigenvalue weighted by atomic mass is 9.94. The monoisotopic (exact) mass is 360 g/mol. The molecule has 2 nitrogen and oxygen atoms in total. The second kappa shape index (κ2) is 15.9. The molecule has 0 N–H and O–H groups in total. The second-order valence-corrected chi connectivity index (χ2v) is 7.51. The fraction of sp³-hybridized carbons (Fsp3) is 0.708. The van der Waals surface area contributed by atoms with E-state index in [-0.39, 0.29) is 11.9 Å². The SMILES string of the molecule is CCCCCCCCC(CCCCCC)C(=O)OCCc1ccccc1. The molecule has 0 bridgehead atoms. The van der Waals surface area contributed by atoms with Gasteiger partial charge in [-0.15, -0.1) is 0 Å². The third-order valence-corrected chi connectivity index (χ3v) is 5.12. The molecule has 1 aromatic rings. The number of esters is 1. The maximum absolute atomic E-state index is 12.5. The Balaban J connectivity index is 2.31. The minimum absolute atomic E-state index is 0.0333. The molecule has 1 rings (SSSR count). The highest BCUT2D eigenvalue weighted by molar-refractivity contribution is 5.72. The van der Waals surface area contributed by atoms with Gasteiger partial charge in [-0.25, -0.2) is 0 Å². The fourth-order valence-electron chi connectivity index (χ4n) is 3.40. The van der Waals surface area contributed by atoms with Crippen molar-refractivity contribution in [3.63, 3.8) is 0 Å². The van der Waals surface area contributed by atoms with Crippen LogP contribution >= 0.6 is 0 Å². The molecule has 0 aliphatic heterocycles. The van der Waals surface area contributed by atoms with Crippen molar-refractivity contribution in [1.82, 2.24) is 0 Å². The first-order valence-corrected chi connectivity index (χ1v) is 11.0. The Kier molecular flexibility index (Phi) is 13.9. The first-order chi connectivity index (χ1) is 12.8. The summed E-state index contributed by atoms with van der Waals surface area (Å²) >= 11 is 0. The van der Waals surface area contributed by atoms with E-state index in [4.69, 9.17) is 4.74 Å². The average Bonchev–Trinajstić information content (AvgIpc) is 2.67. The number of unbranched alkanes of at least 4 members (excludes halogenated alkanes) is 8. The van der Waals surface area contributed by atoms with E-state index in [1.54, 1.807) is 0 Å². The van der Waals surface area contributed by atoms with Gasteiger partial charge in [-0.1, -0.05) is 108 Å². The molecule has 1 atom stereocenters. The molecular weight excluding hydrogens is 320 g/mol. The largest absolute Gasteiger partial charge is 0.465 e. The molecule has 0 spiro atoms. The maximum atomic E-state index is 12.5. The molecule has 2 heteroatoms. The molecule has 0 heterocycles. The van der Waals surface area contributed by atoms with Gasteiger partial charge in [0.1, 0.15) is 0 Å². The van der Waals surface area contributed by atoms with Crippen LogP contribution in [-0.2, 0) is 16.0 Å². The van der Waals surface area contributed by atoms with E-state index in [0.29, 0.717) is 6.61 Å². The minimum atomic E-state index is 0.0333. The molecule has 0 saturated carbocycles. The Morgan fingerprint density at radius 2 is 1.35 bits per heavy atom. The zero-order valence-electron chi connectivity index (χ0n) is 17.2. The highest BCUT2D eigenvalue weighted by Gasteiger charge is 2.19. The van der Waals surface area contributed by atoms with Gasteiger partial charge in [0.2, 0.25) is 0 Å². The molecule has 1 unspecified atom stereocenters. The number of ether oxygens (including phenoxy) is 1. The summed E-state index contributed by atoms with van der Waals surface area (Å²) in [6.07, 6.45) is 15.4. The van der Waals surface area contributed by atoms with Crippen LogP contribution in [0.4, 0.5) is 0 Å². The van der Waals surface area contributed by atoms with E-state index in [2.05, 4.69) is 26.0 Å². The van der Waals surface area contributed by atoms with Crippen LogP contribution in [0.25, 0.3) is 0 Å². The lowest BCUT2D eigenvalue weighted by Crippen LogP contribution is -2.19. The first-order valence-electron chi connectivity index (χ1n) is 11.0. The van der Waals surface area contributed by atoms with E-state index in [1.165, 1.54) is 56.9 Å². The van der Waals surface area contributed by atoms with E-state index < -0.39 is 0 Å². The number of carbonyl (C=O) groups excluding carboxylic acids is 1. The van der Waals surface area contributed by atoms with E-state index in [9.17, 15) is 4.79 Å². The Bertz CT molecular complexity index is 441. The van der Waals surface area contributed by atoms with Crippen LogP contribution in [-0.4, -0.2) is 12.6 Å². The summed E-state index contributed by atoms with van der Waals surface area (Å²) in [4.78, 5) is 12.5. The quantitative estimate of drug-likeness (QED) is 0.232. The molecule has 1 aromatic carbocycles. The van der Waals surface area contributed by atoms with Crippen LogP contribution in [0.5, 0.6) is 0 Å². The molecule has 0 radical (unpaired) electrons. The van der Waals surface area contributed by atoms with Crippen LogP contribution in [0, 0.1) is 5.92 Å². The third-order valence-electron chi connectivity index (χ3n) is 5.12. The van der Waals surface area contributed by atoms with Crippen LogP contribution in [0.1, 0.15) is 96.5 Å². The average molecular weight is 361 g/mol. The van der Waals surface area contributed by atoms with Gasteiger partial charge in [0, 0.05) is 6.42 Å². The van der Waals surface area contributed by atoms with Gasteiger partial charge < -0.3 is 4.74 Å². The van der Waals surface area contributed by atoms with Crippen molar-refractivity contribution in [2.75, 3.05) is 6.61 Å². The lowest BCUT2D eigenvalue weighted by molar-refractivity contribution is -0.149. The number of carbonyl (C=O) groups is 1. The van der Waals surface area contributed by atoms with Crippen LogP contribution in [0.2, 0.25) is 0 Å². The van der Waals surface area contributed by atoms with Crippen LogP contribution in [0.3, 0.4) is 0 Å². The zero-order chi connectivity index (χ0) is 18.9. The maximum Gasteiger partial charge on any atom is 0.308 e. The van der Waals surface area contributed by atoms with Gasteiger partial charge >= 0.3 is 5.97 Å². The number of hydrogen-bond acceptors (Lipinski definition) is 2. The molecule has 0 aliphatic carbocycles. The summed E-state index contributed by atoms with van der Waals surface area (Å²) in [6, 6.07) is 10.3. The zero-order valence-corrected chi connectivity index (χ0v) is 17.2. The molecule has 0 aliphatic rings. The van der Waals surface area contributed by atoms with Gasteiger partial charge in [0.25, 0.3) is 0 Å². The summed E-state index contributed by atoms with van der Waals surface area (Å²) in [5, 5.41) is 0. The van der Waals surface area contributed by atoms with Gasteiger partial charge in [-0.05, 0) is 18.4 Å². The standard InChI is InChI=1S/C24H40O2/c1-3-5-7-9-10-15-19-23(18-14-8-6-4-2)24(25)26-21-20-22-16-12-11-13-17-22/h11-13,16-17,23H,3-10,14-15,18-21H2,1-2H3. The molecular formula is C24H40O2. The van der Waals surface area contributed by atoms with Crippen LogP contribution in [0.15, 0.2) is 30.3 Å². The predicted molar refractivity (Wildman–Crippen MR) is 111 cm³/mol. The van der Waals surface area contributed by atoms with Crippen molar-refractivity contribution in [2.45, 2.75) is 97.3 Å². The fourth-order valence-corrected chi connectivity index (χ4v) is 3.40. The smallest absolute Gasteiger partial charge is 0.308 e. The van der Waals surface area contributed by atoms with Gasteiger partial charge in [-0.2, -0.15) is 0 Å². The van der Waals surface area contributed by atoms with E-state index in [1.807, 2.05) is 18.2 Å². The third kappa shape index (κ3) is 11.3. The summed E-state index contributed by atoms with van der Waals surface area (Å²) in [7, 11) is 0. The lowest BCUT2D eigenvalue weighted by Gasteiger charge is -2.16. The Hall–Kier alpha value is -1.31. The summed E-state index contributed by atoms with van der Waals surface area (Å²) in [6.45, 7) is 4.98. The summed E-state index contributed by atoms with van der Waals surface area (Å²) in [5.74, 6) is 0.139. The normalized spacial score (nSPS) is 12.1. The molecule has 148 valence electrons. The van der Waals surface area contributed by atoms with Crippen molar-refractivity contribution in [3.05, 3.63) is 35.9 Å². The number of benzene rings is 1. The van der Waals surface area contributed by atoms with Gasteiger partial charge in [-0.3, -0.25) is 4.79 Å². The van der Waals surface area contributed by atoms with Gasteiger partial charge in [0.15, 0.2) is 0 Å². The van der Waals surface area contributed by atoms with Crippen molar-refractivity contribution in [1.29, 1.82) is 0 Å². The van der Waals surface area contributed by atoms with Crippen molar-refractivity contribution >= 4 is 5.97 Å². The molecule has 0 aromatic heterocycles. The van der Waals surface area contributed by atoms with Crippen molar-refractivity contribution < 1.29 is 9.53 Å². The molecule has 0 fully saturated rings. The summed E-state index contributed by atoms with van der Waals surface area (Å²) in [5.41, 5.74) is 1.23. The van der Waals surface area contributed by atoms with E-state index in [0.717, 1.165) is 32.1 Å².